The fourth-order valence-electron chi connectivity index (χ4n) is 2.56. The van der Waals surface area contributed by atoms with Crippen LogP contribution in [-0.4, -0.2) is 20.5 Å². The summed E-state index contributed by atoms with van der Waals surface area (Å²) in [5.41, 5.74) is 5.86. The Labute approximate surface area is 119 Å². The summed E-state index contributed by atoms with van der Waals surface area (Å²) in [7, 11) is 0. The van der Waals surface area contributed by atoms with Gasteiger partial charge in [-0.1, -0.05) is 33.3 Å². The average molecular weight is 276 g/mol. The van der Waals surface area contributed by atoms with Crippen LogP contribution in [0.25, 0.3) is 12.5 Å². The molecule has 1 atom stereocenters. The van der Waals surface area contributed by atoms with Crippen molar-refractivity contribution < 1.29 is 5.11 Å². The van der Waals surface area contributed by atoms with Gasteiger partial charge in [0.25, 0.3) is 0 Å². The smallest absolute Gasteiger partial charge is 0.241 e. The first-order chi connectivity index (χ1) is 9.54. The van der Waals surface area contributed by atoms with Crippen molar-refractivity contribution in [2.24, 2.45) is 16.6 Å². The van der Waals surface area contributed by atoms with E-state index in [1.54, 1.807) is 6.33 Å². The van der Waals surface area contributed by atoms with Crippen molar-refractivity contribution in [2.45, 2.75) is 52.0 Å². The number of nitrogens with two attached hydrogens (primary N) is 1. The summed E-state index contributed by atoms with van der Waals surface area (Å²) in [6.07, 6.45) is 7.42. The molecule has 1 aliphatic rings. The number of aliphatic hydroxyl groups excluding tert-OH is 1. The van der Waals surface area contributed by atoms with Crippen LogP contribution in [0.5, 0.6) is 0 Å². The minimum Gasteiger partial charge on any atom is -0.492 e. The highest BCUT2D eigenvalue weighted by Crippen LogP contribution is 2.27. The predicted molar refractivity (Wildman–Crippen MR) is 81.6 cm³/mol. The summed E-state index contributed by atoms with van der Waals surface area (Å²) in [5.74, 6) is 0.437. The molecule has 2 rings (SSSR count). The second kappa shape index (κ2) is 6.11. The summed E-state index contributed by atoms with van der Waals surface area (Å²) in [4.78, 5) is 8.32. The van der Waals surface area contributed by atoms with E-state index in [0.29, 0.717) is 17.2 Å². The third kappa shape index (κ3) is 2.86. The van der Waals surface area contributed by atoms with Crippen molar-refractivity contribution in [1.82, 2.24) is 9.55 Å². The van der Waals surface area contributed by atoms with Crippen LogP contribution in [0.3, 0.4) is 0 Å². The maximum atomic E-state index is 10.1. The highest BCUT2D eigenvalue weighted by atomic mass is 16.3. The zero-order valence-corrected chi connectivity index (χ0v) is 12.3. The van der Waals surface area contributed by atoms with Gasteiger partial charge in [0.05, 0.1) is 11.7 Å². The van der Waals surface area contributed by atoms with Gasteiger partial charge in [-0.05, 0) is 19.3 Å². The largest absolute Gasteiger partial charge is 0.492 e. The lowest BCUT2D eigenvalue weighted by Gasteiger charge is -2.10. The van der Waals surface area contributed by atoms with E-state index in [1.807, 2.05) is 18.4 Å². The van der Waals surface area contributed by atoms with Crippen LogP contribution in [0, 0.1) is 5.92 Å². The number of aromatic nitrogens is 2. The maximum absolute atomic E-state index is 10.1. The van der Waals surface area contributed by atoms with E-state index in [2.05, 4.69) is 16.6 Å². The first-order valence-electron chi connectivity index (χ1n) is 7.33. The van der Waals surface area contributed by atoms with Gasteiger partial charge in [-0.25, -0.2) is 4.98 Å². The molecule has 20 heavy (non-hydrogen) atoms. The Bertz CT molecular complexity index is 596. The van der Waals surface area contributed by atoms with Crippen LogP contribution < -0.4 is 16.4 Å². The Morgan fingerprint density at radius 1 is 1.60 bits per heavy atom. The summed E-state index contributed by atoms with van der Waals surface area (Å²) in [6.45, 7) is 8.04. The third-order valence-electron chi connectivity index (χ3n) is 4.18. The van der Waals surface area contributed by atoms with E-state index in [-0.39, 0.29) is 11.8 Å². The van der Waals surface area contributed by atoms with Crippen molar-refractivity contribution in [2.75, 3.05) is 0 Å². The summed E-state index contributed by atoms with van der Waals surface area (Å²) >= 11 is 0. The Morgan fingerprint density at radius 2 is 2.25 bits per heavy atom. The van der Waals surface area contributed by atoms with Crippen molar-refractivity contribution in [1.29, 1.82) is 0 Å². The molecular formula is C15H24N4O. The van der Waals surface area contributed by atoms with E-state index >= 15 is 0 Å². The number of hydrogen-bond acceptors (Lipinski definition) is 3. The molecule has 5 nitrogen and oxygen atoms in total. The fraction of sp³-hybridized carbons (Fsp3) is 0.600. The second-order valence-electron chi connectivity index (χ2n) is 5.55. The highest BCUT2D eigenvalue weighted by Gasteiger charge is 2.17. The number of nitrogens with zero attached hydrogens (tertiary/aromatic N) is 3. The SMILES string of the molecule is C=c1/c(=C(O)\N=C(\N)C(C)CC)ncn1C1CCCC1. The Kier molecular flexibility index (Phi) is 4.47. The lowest BCUT2D eigenvalue weighted by atomic mass is 10.1. The van der Waals surface area contributed by atoms with E-state index in [0.717, 1.165) is 24.6 Å². The quantitative estimate of drug-likeness (QED) is 0.645. The number of amidine groups is 1. The second-order valence-corrected chi connectivity index (χ2v) is 5.55. The molecule has 0 spiro atoms. The molecule has 110 valence electrons. The molecule has 1 fully saturated rings. The molecule has 0 bridgehead atoms. The van der Waals surface area contributed by atoms with Gasteiger partial charge in [0.2, 0.25) is 5.88 Å². The van der Waals surface area contributed by atoms with Crippen molar-refractivity contribution >= 4 is 18.3 Å². The summed E-state index contributed by atoms with van der Waals surface area (Å²) < 4.78 is 2.05. The van der Waals surface area contributed by atoms with Crippen molar-refractivity contribution in [3.05, 3.63) is 17.0 Å². The summed E-state index contributed by atoms with van der Waals surface area (Å²) in [5, 5.41) is 11.3. The molecule has 1 unspecified atom stereocenters. The molecule has 0 aliphatic heterocycles. The minimum atomic E-state index is -0.135. The van der Waals surface area contributed by atoms with Crippen LogP contribution >= 0.6 is 0 Å². The van der Waals surface area contributed by atoms with Gasteiger partial charge in [-0.2, -0.15) is 4.99 Å². The summed E-state index contributed by atoms with van der Waals surface area (Å²) in [6, 6.07) is 0.451. The van der Waals surface area contributed by atoms with Gasteiger partial charge in [-0.15, -0.1) is 0 Å². The van der Waals surface area contributed by atoms with E-state index in [1.165, 1.54) is 12.8 Å². The highest BCUT2D eigenvalue weighted by molar-refractivity contribution is 5.85. The monoisotopic (exact) mass is 276 g/mol. The van der Waals surface area contributed by atoms with Gasteiger partial charge in [-0.3, -0.25) is 0 Å². The standard InChI is InChI=1S/C15H24N4O/c1-4-10(2)14(16)18-15(20)13-11(3)19(9-17-13)12-7-5-6-8-12/h9-10,12,20H,3-8H2,1-2H3,(H2,16,18)/b15-13-. The zero-order valence-electron chi connectivity index (χ0n) is 12.3. The number of hydrogen-bond donors (Lipinski definition) is 2. The number of imidazole rings is 1. The molecule has 0 saturated heterocycles. The van der Waals surface area contributed by atoms with Crippen LogP contribution in [0.15, 0.2) is 11.3 Å². The molecule has 3 N–H and O–H groups in total. The van der Waals surface area contributed by atoms with Gasteiger partial charge in [0.1, 0.15) is 11.2 Å². The van der Waals surface area contributed by atoms with E-state index < -0.39 is 0 Å². The van der Waals surface area contributed by atoms with Gasteiger partial charge < -0.3 is 15.4 Å². The predicted octanol–water partition coefficient (Wildman–Crippen LogP) is 1.44. The number of aliphatic hydroxyl groups is 1. The molecule has 0 aromatic carbocycles. The molecule has 1 aromatic heterocycles. The zero-order chi connectivity index (χ0) is 14.7. The molecule has 0 amide bonds. The maximum Gasteiger partial charge on any atom is 0.241 e. The molecule has 1 heterocycles. The molecule has 0 radical (unpaired) electrons. The fourth-order valence-corrected chi connectivity index (χ4v) is 2.56. The Morgan fingerprint density at radius 3 is 2.85 bits per heavy atom. The van der Waals surface area contributed by atoms with Crippen LogP contribution in [0.2, 0.25) is 0 Å². The number of rotatable bonds is 4. The van der Waals surface area contributed by atoms with Crippen LogP contribution in [-0.2, 0) is 0 Å². The lowest BCUT2D eigenvalue weighted by Crippen LogP contribution is -2.32. The van der Waals surface area contributed by atoms with Crippen molar-refractivity contribution in [3.8, 4) is 0 Å². The molecule has 1 saturated carbocycles. The minimum absolute atomic E-state index is 0.135. The van der Waals surface area contributed by atoms with E-state index in [9.17, 15) is 5.11 Å². The normalized spacial score (nSPS) is 20.2. The molecule has 1 aromatic rings. The van der Waals surface area contributed by atoms with Gasteiger partial charge in [0, 0.05) is 12.0 Å². The Hall–Kier alpha value is -1.78. The number of aliphatic imine (C=N–C) groups is 1. The Balaban J connectivity index is 2.37. The van der Waals surface area contributed by atoms with Gasteiger partial charge >= 0.3 is 0 Å². The van der Waals surface area contributed by atoms with Crippen LogP contribution in [0.4, 0.5) is 0 Å². The lowest BCUT2D eigenvalue weighted by molar-refractivity contribution is 0.486. The first-order valence-corrected chi connectivity index (χ1v) is 7.33. The average Bonchev–Trinajstić information content (AvgIpc) is 3.06. The van der Waals surface area contributed by atoms with Gasteiger partial charge in [0.15, 0.2) is 0 Å². The first kappa shape index (κ1) is 14.6. The van der Waals surface area contributed by atoms with Crippen LogP contribution in [0.1, 0.15) is 52.0 Å². The molecule has 1 aliphatic carbocycles. The molecular weight excluding hydrogens is 252 g/mol. The topological polar surface area (TPSA) is 76.4 Å². The van der Waals surface area contributed by atoms with Crippen molar-refractivity contribution in [3.63, 3.8) is 0 Å². The third-order valence-corrected chi connectivity index (χ3v) is 4.18. The van der Waals surface area contributed by atoms with E-state index in [4.69, 9.17) is 5.73 Å². The molecule has 5 heteroatoms.